The van der Waals surface area contributed by atoms with Crippen LogP contribution in [0.15, 0.2) is 47.5 Å². The molecule has 2 aromatic rings. The van der Waals surface area contributed by atoms with Gasteiger partial charge in [0.05, 0.1) is 5.54 Å². The molecule has 0 aromatic heterocycles. The number of benzene rings is 2. The number of halogens is 2. The third-order valence-electron chi connectivity index (χ3n) is 4.06. The summed E-state index contributed by atoms with van der Waals surface area (Å²) < 4.78 is 26.5. The molecule has 0 aliphatic carbocycles. The molecule has 1 heterocycles. The van der Waals surface area contributed by atoms with Gasteiger partial charge in [-0.15, -0.1) is 0 Å². The van der Waals surface area contributed by atoms with Crippen LogP contribution < -0.4 is 11.1 Å². The maximum atomic E-state index is 13.3. The second kappa shape index (κ2) is 6.84. The molecule has 3 rings (SSSR count). The number of amidine groups is 1. The summed E-state index contributed by atoms with van der Waals surface area (Å²) in [4.78, 5) is 16.8. The Kier molecular flexibility index (Phi) is 4.76. The molecular weight excluding hydrogens is 344 g/mol. The van der Waals surface area contributed by atoms with Crippen molar-refractivity contribution in [3.63, 3.8) is 0 Å². The van der Waals surface area contributed by atoms with Gasteiger partial charge >= 0.3 is 0 Å². The van der Waals surface area contributed by atoms with E-state index in [1.807, 2.05) is 13.0 Å². The molecule has 7 heteroatoms. The van der Waals surface area contributed by atoms with E-state index in [1.54, 1.807) is 18.2 Å². The molecule has 2 aromatic carbocycles. The lowest BCUT2D eigenvalue weighted by molar-refractivity contribution is 0.102. The second-order valence-electron chi connectivity index (χ2n) is 6.02. The summed E-state index contributed by atoms with van der Waals surface area (Å²) in [5.41, 5.74) is 6.75. The summed E-state index contributed by atoms with van der Waals surface area (Å²) >= 11 is 1.52. The normalized spacial score (nSPS) is 20.0. The van der Waals surface area contributed by atoms with Crippen molar-refractivity contribution in [2.45, 2.75) is 18.9 Å². The van der Waals surface area contributed by atoms with Crippen LogP contribution >= 0.6 is 11.8 Å². The molecule has 25 heavy (non-hydrogen) atoms. The Labute approximate surface area is 148 Å². The summed E-state index contributed by atoms with van der Waals surface area (Å²) in [6, 6.07) is 9.95. The first kappa shape index (κ1) is 17.4. The lowest BCUT2D eigenvalue weighted by Crippen LogP contribution is -2.28. The highest BCUT2D eigenvalue weighted by Crippen LogP contribution is 2.35. The molecule has 1 unspecified atom stereocenters. The zero-order valence-corrected chi connectivity index (χ0v) is 14.4. The van der Waals surface area contributed by atoms with E-state index >= 15 is 0 Å². The number of nitrogens with two attached hydrogens (primary N) is 1. The smallest absolute Gasteiger partial charge is 0.255 e. The monoisotopic (exact) mass is 361 g/mol. The van der Waals surface area contributed by atoms with Crippen LogP contribution in [0.1, 0.15) is 29.3 Å². The maximum absolute atomic E-state index is 13.3. The lowest BCUT2D eigenvalue weighted by atomic mass is 9.89. The highest BCUT2D eigenvalue weighted by atomic mass is 32.2. The number of nitrogens with zero attached hydrogens (tertiary/aromatic N) is 1. The van der Waals surface area contributed by atoms with E-state index < -0.39 is 23.1 Å². The van der Waals surface area contributed by atoms with E-state index in [0.29, 0.717) is 10.9 Å². The van der Waals surface area contributed by atoms with Gasteiger partial charge in [0, 0.05) is 23.1 Å². The Morgan fingerprint density at radius 1 is 1.24 bits per heavy atom. The van der Waals surface area contributed by atoms with Crippen LogP contribution in [-0.2, 0) is 5.54 Å². The molecule has 3 N–H and O–H groups in total. The number of anilines is 1. The predicted octanol–water partition coefficient (Wildman–Crippen LogP) is 3.88. The summed E-state index contributed by atoms with van der Waals surface area (Å²) in [5.74, 6) is -1.31. The predicted molar refractivity (Wildman–Crippen MR) is 96.8 cm³/mol. The number of aliphatic imine (C=N–C) groups is 1. The molecule has 1 aliphatic rings. The molecule has 0 fully saturated rings. The summed E-state index contributed by atoms with van der Waals surface area (Å²) in [7, 11) is 0. The fraction of sp³-hybridized carbons (Fsp3) is 0.222. The minimum atomic E-state index is -0.795. The van der Waals surface area contributed by atoms with Crippen molar-refractivity contribution >= 4 is 28.5 Å². The van der Waals surface area contributed by atoms with E-state index in [1.165, 1.54) is 11.8 Å². The van der Waals surface area contributed by atoms with Crippen LogP contribution in [0.5, 0.6) is 0 Å². The van der Waals surface area contributed by atoms with Crippen molar-refractivity contribution in [2.75, 3.05) is 11.1 Å². The molecule has 0 saturated heterocycles. The maximum Gasteiger partial charge on any atom is 0.255 e. The van der Waals surface area contributed by atoms with E-state index in [2.05, 4.69) is 10.3 Å². The van der Waals surface area contributed by atoms with Gasteiger partial charge in [-0.1, -0.05) is 23.9 Å². The number of thioether (sulfide) groups is 1. The van der Waals surface area contributed by atoms with Crippen molar-refractivity contribution in [2.24, 2.45) is 10.7 Å². The summed E-state index contributed by atoms with van der Waals surface area (Å²) in [6.45, 7) is 1.99. The first-order chi connectivity index (χ1) is 11.9. The van der Waals surface area contributed by atoms with Gasteiger partial charge in [-0.2, -0.15) is 0 Å². The van der Waals surface area contributed by atoms with Gasteiger partial charge in [0.1, 0.15) is 11.6 Å². The van der Waals surface area contributed by atoms with Crippen LogP contribution in [0.25, 0.3) is 0 Å². The van der Waals surface area contributed by atoms with Gasteiger partial charge in [0.25, 0.3) is 5.91 Å². The van der Waals surface area contributed by atoms with Gasteiger partial charge < -0.3 is 11.1 Å². The number of carbonyl (C=O) groups is 1. The Bertz CT molecular complexity index is 836. The lowest BCUT2D eigenvalue weighted by Gasteiger charge is -2.30. The minimum Gasteiger partial charge on any atom is -0.379 e. The van der Waals surface area contributed by atoms with Gasteiger partial charge in [-0.05, 0) is 43.2 Å². The Balaban J connectivity index is 1.84. The van der Waals surface area contributed by atoms with Gasteiger partial charge in [0.2, 0.25) is 0 Å². The molecule has 1 amide bonds. The molecule has 1 atom stereocenters. The number of amides is 1. The van der Waals surface area contributed by atoms with E-state index in [9.17, 15) is 13.6 Å². The van der Waals surface area contributed by atoms with Crippen molar-refractivity contribution in [1.29, 1.82) is 0 Å². The average molecular weight is 361 g/mol. The molecule has 1 aliphatic heterocycles. The molecule has 130 valence electrons. The van der Waals surface area contributed by atoms with Crippen LogP contribution in [0, 0.1) is 11.6 Å². The third kappa shape index (κ3) is 3.99. The number of carbonyl (C=O) groups excluding carboxylic acids is 1. The Morgan fingerprint density at radius 3 is 2.64 bits per heavy atom. The number of hydrogen-bond acceptors (Lipinski definition) is 4. The van der Waals surface area contributed by atoms with E-state index in [-0.39, 0.29) is 5.56 Å². The molecule has 0 saturated carbocycles. The summed E-state index contributed by atoms with van der Waals surface area (Å²) in [5, 5.41) is 3.20. The van der Waals surface area contributed by atoms with Crippen LogP contribution in [0.4, 0.5) is 14.5 Å². The first-order valence-electron chi connectivity index (χ1n) is 7.72. The second-order valence-corrected chi connectivity index (χ2v) is 7.13. The zero-order valence-electron chi connectivity index (χ0n) is 13.6. The molecule has 4 nitrogen and oxygen atoms in total. The van der Waals surface area contributed by atoms with Crippen molar-refractivity contribution in [3.8, 4) is 0 Å². The third-order valence-corrected chi connectivity index (χ3v) is 4.86. The topological polar surface area (TPSA) is 67.5 Å². The van der Waals surface area contributed by atoms with Crippen molar-refractivity contribution in [3.05, 3.63) is 65.2 Å². The standard InChI is InChI=1S/C18H17F2N3OS/c1-18(5-6-25-17(21)23-18)12-3-2-4-15(9-12)22-16(24)11-7-13(19)10-14(20)8-11/h2-4,7-10H,5-6H2,1H3,(H2,21,23)(H,22,24). The van der Waals surface area contributed by atoms with Crippen LogP contribution in [0.3, 0.4) is 0 Å². The Hall–Kier alpha value is -2.41. The Morgan fingerprint density at radius 2 is 1.96 bits per heavy atom. The first-order valence-corrected chi connectivity index (χ1v) is 8.70. The highest BCUT2D eigenvalue weighted by Gasteiger charge is 2.29. The molecule has 0 spiro atoms. The number of hydrogen-bond donors (Lipinski definition) is 2. The number of rotatable bonds is 3. The van der Waals surface area contributed by atoms with E-state index in [0.717, 1.165) is 35.9 Å². The van der Waals surface area contributed by atoms with E-state index in [4.69, 9.17) is 5.73 Å². The van der Waals surface area contributed by atoms with Crippen LogP contribution in [-0.4, -0.2) is 16.8 Å². The molecule has 0 bridgehead atoms. The number of nitrogens with one attached hydrogen (secondary N) is 1. The van der Waals surface area contributed by atoms with Crippen LogP contribution in [0.2, 0.25) is 0 Å². The molecular formula is C18H17F2N3OS. The van der Waals surface area contributed by atoms with Gasteiger partial charge in [-0.25, -0.2) is 8.78 Å². The van der Waals surface area contributed by atoms with Crippen molar-refractivity contribution in [1.82, 2.24) is 0 Å². The minimum absolute atomic E-state index is 0.0783. The zero-order chi connectivity index (χ0) is 18.0. The van der Waals surface area contributed by atoms with Gasteiger partial charge in [-0.3, -0.25) is 9.79 Å². The fourth-order valence-corrected chi connectivity index (χ4v) is 3.69. The largest absolute Gasteiger partial charge is 0.379 e. The molecule has 0 radical (unpaired) electrons. The fourth-order valence-electron chi connectivity index (χ4n) is 2.71. The van der Waals surface area contributed by atoms with Crippen molar-refractivity contribution < 1.29 is 13.6 Å². The summed E-state index contributed by atoms with van der Waals surface area (Å²) in [6.07, 6.45) is 0.824. The quantitative estimate of drug-likeness (QED) is 0.872. The van der Waals surface area contributed by atoms with Gasteiger partial charge in [0.15, 0.2) is 5.17 Å². The highest BCUT2D eigenvalue weighted by molar-refractivity contribution is 8.13. The average Bonchev–Trinajstić information content (AvgIpc) is 2.54. The SMILES string of the molecule is CC1(c2cccc(NC(=O)c3cc(F)cc(F)c3)c2)CCSC(N)=N1.